The van der Waals surface area contributed by atoms with Crippen LogP contribution in [0.3, 0.4) is 0 Å². The van der Waals surface area contributed by atoms with Crippen LogP contribution in [0.4, 0.5) is 0 Å². The molecule has 0 aliphatic heterocycles. The van der Waals surface area contributed by atoms with Crippen LogP contribution in [0.2, 0.25) is 0 Å². The summed E-state index contributed by atoms with van der Waals surface area (Å²) in [6, 6.07) is 2.67. The normalized spacial score (nSPS) is 13.3. The molecule has 1 unspecified atom stereocenters. The molecule has 92 valence electrons. The molecular formula is C13H25N3. The lowest BCUT2D eigenvalue weighted by molar-refractivity contribution is 0.386. The molecule has 0 saturated carbocycles. The second kappa shape index (κ2) is 6.71. The van der Waals surface area contributed by atoms with Gasteiger partial charge in [-0.3, -0.25) is 0 Å². The largest absolute Gasteiger partial charge is 0.354 e. The van der Waals surface area contributed by atoms with E-state index >= 15 is 0 Å². The van der Waals surface area contributed by atoms with Gasteiger partial charge in [-0.2, -0.15) is 0 Å². The molecule has 3 nitrogen and oxygen atoms in total. The fourth-order valence-electron chi connectivity index (χ4n) is 1.85. The highest BCUT2D eigenvalue weighted by Gasteiger charge is 2.04. The van der Waals surface area contributed by atoms with Crippen molar-refractivity contribution in [2.45, 2.75) is 32.9 Å². The molecule has 1 rings (SSSR count). The Bertz CT molecular complexity index is 291. The number of nitrogens with zero attached hydrogens (tertiary/aromatic N) is 2. The maximum Gasteiger partial charge on any atom is 0.0306 e. The number of aryl methyl sites for hydroxylation is 1. The number of rotatable bonds is 7. The fourth-order valence-corrected chi connectivity index (χ4v) is 1.85. The van der Waals surface area contributed by atoms with E-state index in [-0.39, 0.29) is 0 Å². The van der Waals surface area contributed by atoms with Crippen molar-refractivity contribution in [2.75, 3.05) is 27.2 Å². The second-order valence-corrected chi connectivity index (χ2v) is 4.62. The van der Waals surface area contributed by atoms with Gasteiger partial charge in [0.1, 0.15) is 0 Å². The summed E-state index contributed by atoms with van der Waals surface area (Å²) in [6.07, 6.45) is 5.64. The lowest BCUT2D eigenvalue weighted by Crippen LogP contribution is -2.17. The Balaban J connectivity index is 2.39. The van der Waals surface area contributed by atoms with E-state index in [9.17, 15) is 0 Å². The lowest BCUT2D eigenvalue weighted by Gasteiger charge is -2.11. The first kappa shape index (κ1) is 13.3. The molecular weight excluding hydrogens is 198 g/mol. The van der Waals surface area contributed by atoms with Gasteiger partial charge in [-0.05, 0) is 52.2 Å². The van der Waals surface area contributed by atoms with Crippen LogP contribution in [-0.4, -0.2) is 36.7 Å². The predicted octanol–water partition coefficient (Wildman–Crippen LogP) is 2.11. The van der Waals surface area contributed by atoms with Crippen molar-refractivity contribution in [1.29, 1.82) is 0 Å². The summed E-state index contributed by atoms with van der Waals surface area (Å²) >= 11 is 0. The Morgan fingerprint density at radius 1 is 1.44 bits per heavy atom. The maximum absolute atomic E-state index is 3.43. The third kappa shape index (κ3) is 4.37. The van der Waals surface area contributed by atoms with Crippen molar-refractivity contribution in [3.8, 4) is 0 Å². The topological polar surface area (TPSA) is 20.2 Å². The molecule has 0 aromatic carbocycles. The summed E-state index contributed by atoms with van der Waals surface area (Å²) in [5, 5.41) is 3.43. The molecule has 0 fully saturated rings. The number of hydrogen-bond acceptors (Lipinski definition) is 2. The Morgan fingerprint density at radius 3 is 2.81 bits per heavy atom. The van der Waals surface area contributed by atoms with Gasteiger partial charge in [-0.15, -0.1) is 0 Å². The highest BCUT2D eigenvalue weighted by atomic mass is 15.1. The smallest absolute Gasteiger partial charge is 0.0306 e. The van der Waals surface area contributed by atoms with E-state index in [0.717, 1.165) is 19.6 Å². The summed E-state index contributed by atoms with van der Waals surface area (Å²) in [4.78, 5) is 2.23. The van der Waals surface area contributed by atoms with Crippen molar-refractivity contribution in [1.82, 2.24) is 14.8 Å². The summed E-state index contributed by atoms with van der Waals surface area (Å²) < 4.78 is 2.28. The number of hydrogen-bond donors (Lipinski definition) is 1. The molecule has 1 aromatic rings. The zero-order valence-corrected chi connectivity index (χ0v) is 11.0. The van der Waals surface area contributed by atoms with E-state index in [4.69, 9.17) is 0 Å². The summed E-state index contributed by atoms with van der Waals surface area (Å²) in [7, 11) is 4.24. The van der Waals surface area contributed by atoms with E-state index in [1.165, 1.54) is 12.0 Å². The molecule has 0 saturated heterocycles. The van der Waals surface area contributed by atoms with Crippen LogP contribution in [0.5, 0.6) is 0 Å². The Kier molecular flexibility index (Phi) is 5.56. The van der Waals surface area contributed by atoms with Crippen molar-refractivity contribution < 1.29 is 0 Å². The van der Waals surface area contributed by atoms with Crippen molar-refractivity contribution in [2.24, 2.45) is 0 Å². The van der Waals surface area contributed by atoms with Gasteiger partial charge in [0.05, 0.1) is 0 Å². The molecule has 0 aliphatic rings. The molecule has 1 aromatic heterocycles. The van der Waals surface area contributed by atoms with Crippen LogP contribution >= 0.6 is 0 Å². The third-order valence-corrected chi connectivity index (χ3v) is 2.81. The lowest BCUT2D eigenvalue weighted by atomic mass is 10.2. The number of nitrogens with one attached hydrogen (secondary N) is 1. The first-order chi connectivity index (χ1) is 7.63. The van der Waals surface area contributed by atoms with Crippen LogP contribution in [0.15, 0.2) is 18.5 Å². The van der Waals surface area contributed by atoms with Crippen LogP contribution in [0, 0.1) is 0 Å². The zero-order chi connectivity index (χ0) is 12.0. The van der Waals surface area contributed by atoms with Crippen LogP contribution < -0.4 is 5.32 Å². The van der Waals surface area contributed by atoms with E-state index in [1.54, 1.807) is 0 Å². The van der Waals surface area contributed by atoms with E-state index in [1.807, 2.05) is 0 Å². The van der Waals surface area contributed by atoms with Crippen molar-refractivity contribution >= 4 is 0 Å². The van der Waals surface area contributed by atoms with Gasteiger partial charge in [0, 0.05) is 25.0 Å². The van der Waals surface area contributed by atoms with Gasteiger partial charge >= 0.3 is 0 Å². The molecule has 1 heterocycles. The highest BCUT2D eigenvalue weighted by Crippen LogP contribution is 2.12. The van der Waals surface area contributed by atoms with Crippen LogP contribution in [0.25, 0.3) is 0 Å². The Morgan fingerprint density at radius 2 is 2.19 bits per heavy atom. The summed E-state index contributed by atoms with van der Waals surface area (Å²) in [6.45, 7) is 7.63. The first-order valence-electron chi connectivity index (χ1n) is 6.17. The van der Waals surface area contributed by atoms with Crippen molar-refractivity contribution in [3.05, 3.63) is 24.0 Å². The second-order valence-electron chi connectivity index (χ2n) is 4.62. The summed E-state index contributed by atoms with van der Waals surface area (Å²) in [5.74, 6) is 0. The monoisotopic (exact) mass is 223 g/mol. The minimum Gasteiger partial charge on any atom is -0.354 e. The molecule has 0 aliphatic carbocycles. The molecule has 1 N–H and O–H groups in total. The Hall–Kier alpha value is -0.800. The van der Waals surface area contributed by atoms with E-state index < -0.39 is 0 Å². The average Bonchev–Trinajstić information content (AvgIpc) is 2.66. The van der Waals surface area contributed by atoms with Crippen LogP contribution in [0.1, 0.15) is 31.9 Å². The molecule has 0 spiro atoms. The van der Waals surface area contributed by atoms with Gasteiger partial charge in [0.15, 0.2) is 0 Å². The van der Waals surface area contributed by atoms with Gasteiger partial charge in [0.25, 0.3) is 0 Å². The summed E-state index contributed by atoms with van der Waals surface area (Å²) in [5.41, 5.74) is 1.38. The van der Waals surface area contributed by atoms with E-state index in [2.05, 4.69) is 61.2 Å². The standard InChI is InChI=1S/C13H25N3/c1-5-14-12(2)13-7-10-16(11-13)9-6-8-15(3)4/h7,10-12,14H,5-6,8-9H2,1-4H3. The SMILES string of the molecule is CCNC(C)c1ccn(CCCN(C)C)c1. The minimum atomic E-state index is 0.458. The van der Waals surface area contributed by atoms with Gasteiger partial charge in [0.2, 0.25) is 0 Å². The van der Waals surface area contributed by atoms with E-state index in [0.29, 0.717) is 6.04 Å². The third-order valence-electron chi connectivity index (χ3n) is 2.81. The Labute approximate surface area is 99.4 Å². The van der Waals surface area contributed by atoms with Crippen molar-refractivity contribution in [3.63, 3.8) is 0 Å². The van der Waals surface area contributed by atoms with Gasteiger partial charge in [-0.25, -0.2) is 0 Å². The first-order valence-corrected chi connectivity index (χ1v) is 6.17. The molecule has 1 atom stereocenters. The highest BCUT2D eigenvalue weighted by molar-refractivity contribution is 5.14. The maximum atomic E-state index is 3.43. The molecule has 3 heteroatoms. The molecule has 0 bridgehead atoms. The molecule has 0 amide bonds. The zero-order valence-electron chi connectivity index (χ0n) is 11.0. The average molecular weight is 223 g/mol. The van der Waals surface area contributed by atoms with Gasteiger partial charge < -0.3 is 14.8 Å². The quantitative estimate of drug-likeness (QED) is 0.764. The minimum absolute atomic E-state index is 0.458. The molecule has 0 radical (unpaired) electrons. The molecule has 16 heavy (non-hydrogen) atoms. The fraction of sp³-hybridized carbons (Fsp3) is 0.692. The van der Waals surface area contributed by atoms with Gasteiger partial charge in [-0.1, -0.05) is 6.92 Å². The number of aromatic nitrogens is 1. The predicted molar refractivity (Wildman–Crippen MR) is 69.7 cm³/mol. The van der Waals surface area contributed by atoms with Crippen LogP contribution in [-0.2, 0) is 6.54 Å².